The first-order valence-electron chi connectivity index (χ1n) is 3.74. The number of pyridine rings is 1. The number of halogens is 1. The zero-order valence-corrected chi connectivity index (χ0v) is 8.15. The smallest absolute Gasteiger partial charge is 0.325 e. The summed E-state index contributed by atoms with van der Waals surface area (Å²) in [5.74, 6) is -0.827. The zero-order chi connectivity index (χ0) is 10.7. The summed E-state index contributed by atoms with van der Waals surface area (Å²) in [4.78, 5) is 14.3. The molecule has 0 saturated heterocycles. The monoisotopic (exact) mass is 216 g/mol. The third-order valence-electron chi connectivity index (χ3n) is 1.68. The summed E-state index contributed by atoms with van der Waals surface area (Å²) in [5.41, 5.74) is 5.70. The fourth-order valence-corrected chi connectivity index (χ4v) is 1.11. The van der Waals surface area contributed by atoms with Gasteiger partial charge in [-0.2, -0.15) is 0 Å². The second-order valence-corrected chi connectivity index (χ2v) is 2.95. The number of nitrogens with zero attached hydrogens (tertiary/aromatic N) is 1. The number of hydrogen-bond acceptors (Lipinski definition) is 4. The predicted molar refractivity (Wildman–Crippen MR) is 50.4 cm³/mol. The molecule has 0 radical (unpaired) electrons. The van der Waals surface area contributed by atoms with Gasteiger partial charge in [-0.15, -0.1) is 0 Å². The molecule has 1 heterocycles. The molecule has 0 saturated carbocycles. The minimum absolute atomic E-state index is 0.225. The van der Waals surface area contributed by atoms with E-state index < -0.39 is 12.0 Å². The van der Waals surface area contributed by atoms with Crippen molar-refractivity contribution < 1.29 is 14.6 Å². The first kappa shape index (κ1) is 10.7. The summed E-state index contributed by atoms with van der Waals surface area (Å²) >= 11 is 5.60. The quantitative estimate of drug-likeness (QED) is 0.731. The van der Waals surface area contributed by atoms with E-state index in [2.05, 4.69) is 4.98 Å². The zero-order valence-electron chi connectivity index (χ0n) is 7.40. The Bertz CT molecular complexity index is 356. The second kappa shape index (κ2) is 4.26. The molecule has 5 nitrogen and oxygen atoms in total. The standard InChI is InChI=1S/C8H9ClN2O3/c1-14-5-2-6(9)11-3-4(5)7(10)8(12)13/h2-3,7H,10H2,1H3,(H,12,13)/t7-/m1/s1. The Labute approximate surface area is 85.5 Å². The molecule has 0 unspecified atom stereocenters. The molecule has 3 N–H and O–H groups in total. The van der Waals surface area contributed by atoms with Crippen molar-refractivity contribution in [2.24, 2.45) is 5.73 Å². The normalized spacial score (nSPS) is 12.2. The molecule has 0 amide bonds. The van der Waals surface area contributed by atoms with E-state index in [4.69, 9.17) is 27.2 Å². The van der Waals surface area contributed by atoms with Crippen LogP contribution in [0.5, 0.6) is 5.75 Å². The summed E-state index contributed by atoms with van der Waals surface area (Å²) in [6.45, 7) is 0. The molecule has 0 bridgehead atoms. The van der Waals surface area contributed by atoms with Crippen molar-refractivity contribution in [3.63, 3.8) is 0 Å². The van der Waals surface area contributed by atoms with Gasteiger partial charge in [0.2, 0.25) is 0 Å². The van der Waals surface area contributed by atoms with E-state index in [-0.39, 0.29) is 5.15 Å². The van der Waals surface area contributed by atoms with Crippen LogP contribution in [0.3, 0.4) is 0 Å². The molecule has 1 rings (SSSR count). The average Bonchev–Trinajstić information content (AvgIpc) is 2.16. The van der Waals surface area contributed by atoms with Crippen molar-refractivity contribution in [3.8, 4) is 5.75 Å². The van der Waals surface area contributed by atoms with Gasteiger partial charge in [0.15, 0.2) is 0 Å². The molecule has 0 aromatic carbocycles. The fraction of sp³-hybridized carbons (Fsp3) is 0.250. The van der Waals surface area contributed by atoms with E-state index in [0.717, 1.165) is 0 Å². The van der Waals surface area contributed by atoms with Crippen LogP contribution in [0, 0.1) is 0 Å². The maximum Gasteiger partial charge on any atom is 0.325 e. The van der Waals surface area contributed by atoms with Crippen LogP contribution in [0.2, 0.25) is 5.15 Å². The molecule has 0 aliphatic rings. The van der Waals surface area contributed by atoms with Crippen molar-refractivity contribution in [2.75, 3.05) is 7.11 Å². The van der Waals surface area contributed by atoms with Gasteiger partial charge in [0.1, 0.15) is 16.9 Å². The maximum absolute atomic E-state index is 10.6. The van der Waals surface area contributed by atoms with Crippen molar-refractivity contribution in [3.05, 3.63) is 23.0 Å². The second-order valence-electron chi connectivity index (χ2n) is 2.56. The van der Waals surface area contributed by atoms with E-state index in [1.165, 1.54) is 19.4 Å². The minimum Gasteiger partial charge on any atom is -0.496 e. The molecule has 76 valence electrons. The van der Waals surface area contributed by atoms with Crippen molar-refractivity contribution >= 4 is 17.6 Å². The van der Waals surface area contributed by atoms with E-state index in [9.17, 15) is 4.79 Å². The van der Waals surface area contributed by atoms with Gasteiger partial charge in [-0.3, -0.25) is 4.79 Å². The average molecular weight is 217 g/mol. The van der Waals surface area contributed by atoms with Crippen LogP contribution in [0.15, 0.2) is 12.3 Å². The number of methoxy groups -OCH3 is 1. The highest BCUT2D eigenvalue weighted by Gasteiger charge is 2.19. The summed E-state index contributed by atoms with van der Waals surface area (Å²) in [5, 5.41) is 8.91. The summed E-state index contributed by atoms with van der Waals surface area (Å²) in [7, 11) is 1.41. The van der Waals surface area contributed by atoms with Gasteiger partial charge in [0.25, 0.3) is 0 Å². The number of rotatable bonds is 3. The molecule has 1 aromatic heterocycles. The number of aromatic nitrogens is 1. The molecule has 0 spiro atoms. The Morgan fingerprint density at radius 1 is 1.79 bits per heavy atom. The van der Waals surface area contributed by atoms with Crippen LogP contribution in [0.1, 0.15) is 11.6 Å². The molecule has 0 aliphatic carbocycles. The van der Waals surface area contributed by atoms with Gasteiger partial charge in [0.05, 0.1) is 7.11 Å². The molecule has 1 aromatic rings. The molecule has 6 heteroatoms. The van der Waals surface area contributed by atoms with Crippen LogP contribution in [0.25, 0.3) is 0 Å². The molecule has 14 heavy (non-hydrogen) atoms. The Morgan fingerprint density at radius 3 is 2.93 bits per heavy atom. The molecule has 1 atom stereocenters. The van der Waals surface area contributed by atoms with E-state index in [0.29, 0.717) is 11.3 Å². The van der Waals surface area contributed by atoms with Crippen molar-refractivity contribution in [1.29, 1.82) is 0 Å². The lowest BCUT2D eigenvalue weighted by Crippen LogP contribution is -2.21. The highest BCUT2D eigenvalue weighted by Crippen LogP contribution is 2.25. The SMILES string of the molecule is COc1cc(Cl)ncc1[C@@H](N)C(=O)O. The van der Waals surface area contributed by atoms with Crippen LogP contribution in [0.4, 0.5) is 0 Å². The van der Waals surface area contributed by atoms with E-state index in [1.54, 1.807) is 0 Å². The topological polar surface area (TPSA) is 85.4 Å². The number of carbonyl (C=O) groups is 1. The first-order chi connectivity index (χ1) is 6.56. The van der Waals surface area contributed by atoms with Gasteiger partial charge in [-0.25, -0.2) is 4.98 Å². The number of ether oxygens (including phenoxy) is 1. The van der Waals surface area contributed by atoms with Crippen molar-refractivity contribution in [1.82, 2.24) is 4.98 Å². The van der Waals surface area contributed by atoms with Gasteiger partial charge in [-0.1, -0.05) is 11.6 Å². The summed E-state index contributed by atoms with van der Waals surface area (Å²) in [6.07, 6.45) is 1.29. The molecule has 0 aliphatic heterocycles. The lowest BCUT2D eigenvalue weighted by atomic mass is 10.1. The van der Waals surface area contributed by atoms with Gasteiger partial charge < -0.3 is 15.6 Å². The number of carboxylic acids is 1. The maximum atomic E-state index is 10.6. The fourth-order valence-electron chi connectivity index (χ4n) is 0.967. The summed E-state index contributed by atoms with van der Waals surface area (Å²) in [6, 6.07) is 0.259. The highest BCUT2D eigenvalue weighted by molar-refractivity contribution is 6.29. The molecule has 0 fully saturated rings. The molecular formula is C8H9ClN2O3. The Hall–Kier alpha value is -1.33. The summed E-state index contributed by atoms with van der Waals surface area (Å²) < 4.78 is 4.93. The molecular weight excluding hydrogens is 208 g/mol. The Kier molecular flexibility index (Phi) is 3.27. The Morgan fingerprint density at radius 2 is 2.43 bits per heavy atom. The predicted octanol–water partition coefficient (Wildman–Crippen LogP) is 0.828. The van der Waals surface area contributed by atoms with Crippen molar-refractivity contribution in [2.45, 2.75) is 6.04 Å². The van der Waals surface area contributed by atoms with Crippen LogP contribution >= 0.6 is 11.6 Å². The number of hydrogen-bond donors (Lipinski definition) is 2. The minimum atomic E-state index is -1.16. The number of carboxylic acid groups (broad SMARTS) is 1. The van der Waals surface area contributed by atoms with Crippen LogP contribution in [-0.2, 0) is 4.79 Å². The third kappa shape index (κ3) is 2.12. The number of nitrogens with two attached hydrogens (primary N) is 1. The van der Waals surface area contributed by atoms with E-state index in [1.807, 2.05) is 0 Å². The lowest BCUT2D eigenvalue weighted by Gasteiger charge is -2.11. The largest absolute Gasteiger partial charge is 0.496 e. The van der Waals surface area contributed by atoms with Crippen LogP contribution < -0.4 is 10.5 Å². The highest BCUT2D eigenvalue weighted by atomic mass is 35.5. The van der Waals surface area contributed by atoms with Gasteiger partial charge in [-0.05, 0) is 0 Å². The number of aliphatic carboxylic acids is 1. The third-order valence-corrected chi connectivity index (χ3v) is 1.89. The van der Waals surface area contributed by atoms with Gasteiger partial charge >= 0.3 is 5.97 Å². The first-order valence-corrected chi connectivity index (χ1v) is 4.12. The van der Waals surface area contributed by atoms with Gasteiger partial charge in [0, 0.05) is 17.8 Å². The van der Waals surface area contributed by atoms with E-state index >= 15 is 0 Å². The van der Waals surface area contributed by atoms with Crippen LogP contribution in [-0.4, -0.2) is 23.2 Å². The lowest BCUT2D eigenvalue weighted by molar-refractivity contribution is -0.138. The Balaban J connectivity index is 3.13.